The van der Waals surface area contributed by atoms with Crippen molar-refractivity contribution in [3.05, 3.63) is 0 Å². The molecular formula is C60H123N2O6P. The highest BCUT2D eigenvalue weighted by atomic mass is 31.2. The van der Waals surface area contributed by atoms with Crippen LogP contribution >= 0.6 is 7.82 Å². The topological polar surface area (TPSA) is 108 Å². The molecule has 414 valence electrons. The maximum absolute atomic E-state index is 13.0. The SMILES string of the molecule is CCCCCCCCCCCCCCCCCCCCCCCCCCCCCCCCCC(=O)NC(COP(=O)([O-])OCC[N+](C)(C)C)C(O)CCCCCCCCCCCCCCCCCC. The zero-order valence-corrected chi connectivity index (χ0v) is 48.2. The van der Waals surface area contributed by atoms with E-state index in [4.69, 9.17) is 9.05 Å². The van der Waals surface area contributed by atoms with Gasteiger partial charge in [0.1, 0.15) is 13.2 Å². The molecule has 9 heteroatoms. The van der Waals surface area contributed by atoms with Gasteiger partial charge in [-0.3, -0.25) is 9.36 Å². The summed E-state index contributed by atoms with van der Waals surface area (Å²) in [6, 6.07) is -0.795. The highest BCUT2D eigenvalue weighted by molar-refractivity contribution is 7.45. The minimum Gasteiger partial charge on any atom is -0.756 e. The van der Waals surface area contributed by atoms with Gasteiger partial charge in [0.05, 0.1) is 39.9 Å². The number of likely N-dealkylation sites (N-methyl/N-ethyl adjacent to an activating group) is 1. The molecule has 0 aliphatic heterocycles. The van der Waals surface area contributed by atoms with E-state index in [1.54, 1.807) is 0 Å². The first kappa shape index (κ1) is 68.5. The van der Waals surface area contributed by atoms with Crippen LogP contribution in [-0.4, -0.2) is 68.5 Å². The Bertz CT molecular complexity index is 1090. The van der Waals surface area contributed by atoms with Crippen molar-refractivity contribution < 1.29 is 32.9 Å². The van der Waals surface area contributed by atoms with Gasteiger partial charge < -0.3 is 28.8 Å². The number of hydrogen-bond acceptors (Lipinski definition) is 6. The summed E-state index contributed by atoms with van der Waals surface area (Å²) in [5.74, 6) is -0.156. The van der Waals surface area contributed by atoms with Crippen LogP contribution in [0.15, 0.2) is 0 Å². The summed E-state index contributed by atoms with van der Waals surface area (Å²) >= 11 is 0. The minimum atomic E-state index is -4.57. The summed E-state index contributed by atoms with van der Waals surface area (Å²) in [5, 5.41) is 14.0. The van der Waals surface area contributed by atoms with Crippen molar-refractivity contribution in [3.63, 3.8) is 0 Å². The van der Waals surface area contributed by atoms with Gasteiger partial charge in [-0.1, -0.05) is 309 Å². The van der Waals surface area contributed by atoms with Crippen molar-refractivity contribution in [2.75, 3.05) is 40.9 Å². The van der Waals surface area contributed by atoms with E-state index >= 15 is 0 Å². The van der Waals surface area contributed by atoms with Gasteiger partial charge in [-0.15, -0.1) is 0 Å². The molecule has 69 heavy (non-hydrogen) atoms. The number of carbonyl (C=O) groups is 1. The van der Waals surface area contributed by atoms with Crippen LogP contribution in [-0.2, 0) is 18.4 Å². The van der Waals surface area contributed by atoms with E-state index in [0.717, 1.165) is 38.5 Å². The maximum Gasteiger partial charge on any atom is 0.268 e. The third kappa shape index (κ3) is 55.1. The Morgan fingerprint density at radius 2 is 0.710 bits per heavy atom. The number of unbranched alkanes of at least 4 members (excludes halogenated alkanes) is 45. The normalized spacial score (nSPS) is 13.8. The Kier molecular flexibility index (Phi) is 52.0. The molecule has 0 saturated carbocycles. The largest absolute Gasteiger partial charge is 0.756 e. The van der Waals surface area contributed by atoms with Gasteiger partial charge in [0, 0.05) is 6.42 Å². The number of hydrogen-bond donors (Lipinski definition) is 2. The van der Waals surface area contributed by atoms with Crippen LogP contribution in [0.5, 0.6) is 0 Å². The van der Waals surface area contributed by atoms with E-state index < -0.39 is 20.0 Å². The van der Waals surface area contributed by atoms with Crippen molar-refractivity contribution in [1.29, 1.82) is 0 Å². The Hall–Kier alpha value is -0.500. The Morgan fingerprint density at radius 3 is 0.986 bits per heavy atom. The number of aliphatic hydroxyl groups is 1. The molecule has 0 saturated heterocycles. The average molecular weight is 1000 g/mol. The van der Waals surface area contributed by atoms with Gasteiger partial charge in [-0.2, -0.15) is 0 Å². The first-order valence-corrected chi connectivity index (χ1v) is 32.3. The summed E-state index contributed by atoms with van der Waals surface area (Å²) in [6.07, 6.45) is 63.0. The van der Waals surface area contributed by atoms with Crippen LogP contribution in [0.2, 0.25) is 0 Å². The maximum atomic E-state index is 13.0. The van der Waals surface area contributed by atoms with Crippen LogP contribution in [0, 0.1) is 0 Å². The van der Waals surface area contributed by atoms with E-state index in [1.807, 2.05) is 21.1 Å². The molecule has 0 spiro atoms. The molecule has 2 N–H and O–H groups in total. The van der Waals surface area contributed by atoms with Gasteiger partial charge in [-0.05, 0) is 12.8 Å². The molecule has 0 bridgehead atoms. The van der Waals surface area contributed by atoms with E-state index in [-0.39, 0.29) is 19.1 Å². The molecule has 0 rings (SSSR count). The molecule has 1 amide bonds. The molecule has 3 unspecified atom stereocenters. The van der Waals surface area contributed by atoms with Crippen LogP contribution in [0.1, 0.15) is 328 Å². The van der Waals surface area contributed by atoms with Crippen LogP contribution in [0.25, 0.3) is 0 Å². The Labute approximate surface area is 431 Å². The fourth-order valence-corrected chi connectivity index (χ4v) is 10.5. The summed E-state index contributed by atoms with van der Waals surface area (Å²) in [6.45, 7) is 4.78. The Balaban J connectivity index is 3.97. The van der Waals surface area contributed by atoms with Gasteiger partial charge >= 0.3 is 0 Å². The lowest BCUT2D eigenvalue weighted by molar-refractivity contribution is -0.870. The molecular weight excluding hydrogens is 876 g/mol. The zero-order valence-electron chi connectivity index (χ0n) is 47.3. The predicted octanol–water partition coefficient (Wildman–Crippen LogP) is 18.2. The number of phosphoric ester groups is 1. The summed E-state index contributed by atoms with van der Waals surface area (Å²) in [7, 11) is 1.33. The number of nitrogens with one attached hydrogen (secondary N) is 1. The van der Waals surface area contributed by atoms with Crippen molar-refractivity contribution in [2.45, 2.75) is 341 Å². The number of phosphoric acid groups is 1. The first-order chi connectivity index (χ1) is 33.5. The van der Waals surface area contributed by atoms with E-state index in [2.05, 4.69) is 19.2 Å². The second-order valence-electron chi connectivity index (χ2n) is 22.8. The van der Waals surface area contributed by atoms with E-state index in [1.165, 1.54) is 263 Å². The lowest BCUT2D eigenvalue weighted by Crippen LogP contribution is -2.46. The van der Waals surface area contributed by atoms with Gasteiger partial charge in [0.15, 0.2) is 0 Å². The van der Waals surface area contributed by atoms with Crippen LogP contribution in [0.3, 0.4) is 0 Å². The molecule has 0 aromatic heterocycles. The summed E-state index contributed by atoms with van der Waals surface area (Å²) in [5.41, 5.74) is 0. The molecule has 0 fully saturated rings. The smallest absolute Gasteiger partial charge is 0.268 e. The van der Waals surface area contributed by atoms with E-state index in [9.17, 15) is 19.4 Å². The van der Waals surface area contributed by atoms with Crippen LogP contribution in [0.4, 0.5) is 0 Å². The number of quaternary nitrogens is 1. The molecule has 3 atom stereocenters. The second-order valence-corrected chi connectivity index (χ2v) is 24.2. The number of nitrogens with zero attached hydrogens (tertiary/aromatic N) is 1. The highest BCUT2D eigenvalue weighted by Gasteiger charge is 2.24. The average Bonchev–Trinajstić information content (AvgIpc) is 3.31. The molecule has 0 heterocycles. The van der Waals surface area contributed by atoms with Crippen molar-refractivity contribution >= 4 is 13.7 Å². The molecule has 0 radical (unpaired) electrons. The van der Waals surface area contributed by atoms with Gasteiger partial charge in [0.25, 0.3) is 7.82 Å². The standard InChI is InChI=1S/C60H123N2O6P/c1-6-8-10-12-14-16-18-20-22-24-25-26-27-28-29-30-31-32-33-34-35-36-37-38-40-42-44-46-48-50-52-54-60(64)61-58(57-68-69(65,66)67-56-55-62(3,4)5)59(63)53-51-49-47-45-43-41-39-23-21-19-17-15-13-11-9-7-2/h58-59,63H,6-57H2,1-5H3,(H-,61,64,65,66). The van der Waals surface area contributed by atoms with Crippen molar-refractivity contribution in [3.8, 4) is 0 Å². The van der Waals surface area contributed by atoms with Crippen molar-refractivity contribution in [1.82, 2.24) is 5.32 Å². The third-order valence-electron chi connectivity index (χ3n) is 14.6. The fraction of sp³-hybridized carbons (Fsp3) is 0.983. The lowest BCUT2D eigenvalue weighted by Gasteiger charge is -2.30. The highest BCUT2D eigenvalue weighted by Crippen LogP contribution is 2.38. The van der Waals surface area contributed by atoms with Gasteiger partial charge in [-0.25, -0.2) is 0 Å². The number of amides is 1. The summed E-state index contributed by atoms with van der Waals surface area (Å²) in [4.78, 5) is 25.5. The zero-order chi connectivity index (χ0) is 50.6. The molecule has 0 aliphatic rings. The first-order valence-electron chi connectivity index (χ1n) is 30.9. The quantitative estimate of drug-likeness (QED) is 0.0357. The molecule has 0 aliphatic carbocycles. The fourth-order valence-electron chi connectivity index (χ4n) is 9.75. The third-order valence-corrected chi connectivity index (χ3v) is 15.6. The van der Waals surface area contributed by atoms with Gasteiger partial charge in [0.2, 0.25) is 5.91 Å². The van der Waals surface area contributed by atoms with Crippen molar-refractivity contribution in [2.24, 2.45) is 0 Å². The molecule has 0 aromatic carbocycles. The number of carbonyl (C=O) groups excluding carboxylic acids is 1. The van der Waals surface area contributed by atoms with Crippen LogP contribution < -0.4 is 10.2 Å². The monoisotopic (exact) mass is 999 g/mol. The molecule has 8 nitrogen and oxygen atoms in total. The van der Waals surface area contributed by atoms with E-state index in [0.29, 0.717) is 23.9 Å². The summed E-state index contributed by atoms with van der Waals surface area (Å²) < 4.78 is 23.4. The molecule has 0 aromatic rings. The second kappa shape index (κ2) is 52.4. The predicted molar refractivity (Wildman–Crippen MR) is 298 cm³/mol. The lowest BCUT2D eigenvalue weighted by atomic mass is 10.0. The Morgan fingerprint density at radius 1 is 0.449 bits per heavy atom. The minimum absolute atomic E-state index is 0.0166. The number of aliphatic hydroxyl groups excluding tert-OH is 1. The number of rotatable bonds is 58.